The fraction of sp³-hybridized carbons (Fsp3) is 0.150. The molecule has 0 aliphatic rings. The van der Waals surface area contributed by atoms with E-state index >= 15 is 0 Å². The molecule has 0 aliphatic carbocycles. The van der Waals surface area contributed by atoms with E-state index in [1.165, 1.54) is 30.3 Å². The van der Waals surface area contributed by atoms with Crippen molar-refractivity contribution >= 4 is 33.4 Å². The van der Waals surface area contributed by atoms with Gasteiger partial charge in [0.05, 0.1) is 24.0 Å². The highest BCUT2D eigenvalue weighted by atomic mass is 79.9. The molecule has 0 atom stereocenters. The number of halogens is 2. The number of hydrogen-bond donors (Lipinski definition) is 2. The molecule has 0 spiro atoms. The van der Waals surface area contributed by atoms with E-state index in [0.29, 0.717) is 22.5 Å². The van der Waals surface area contributed by atoms with E-state index < -0.39 is 0 Å². The van der Waals surface area contributed by atoms with Crippen molar-refractivity contribution in [2.24, 2.45) is 0 Å². The summed E-state index contributed by atoms with van der Waals surface area (Å²) in [6, 6.07) is 11.3. The molecule has 3 aromatic rings. The molecule has 0 aliphatic heterocycles. The highest BCUT2D eigenvalue weighted by Gasteiger charge is 2.21. The van der Waals surface area contributed by atoms with Crippen LogP contribution in [0.5, 0.6) is 0 Å². The lowest BCUT2D eigenvalue weighted by molar-refractivity contribution is -0.116. The summed E-state index contributed by atoms with van der Waals surface area (Å²) in [6.07, 6.45) is 1.40. The summed E-state index contributed by atoms with van der Waals surface area (Å²) in [5.41, 5.74) is 3.00. The Bertz CT molecular complexity index is 1020. The smallest absolute Gasteiger partial charge is 0.257 e. The maximum Gasteiger partial charge on any atom is 0.257 e. The molecule has 6 nitrogen and oxygen atoms in total. The Labute approximate surface area is 169 Å². The predicted octanol–water partition coefficient (Wildman–Crippen LogP) is 4.00. The largest absolute Gasteiger partial charge is 0.332 e. The topological polar surface area (TPSA) is 78.1 Å². The number of amides is 2. The van der Waals surface area contributed by atoms with Crippen LogP contribution in [0.1, 0.15) is 15.9 Å². The number of carbonyl (C=O) groups excluding carboxylic acids is 2. The molecule has 2 aromatic carbocycles. The number of aromatic amines is 1. The van der Waals surface area contributed by atoms with Gasteiger partial charge >= 0.3 is 0 Å². The van der Waals surface area contributed by atoms with Gasteiger partial charge in [0.15, 0.2) is 0 Å². The lowest BCUT2D eigenvalue weighted by Gasteiger charge is -2.17. The monoisotopic (exact) mass is 444 g/mol. The zero-order valence-electron chi connectivity index (χ0n) is 15.3. The van der Waals surface area contributed by atoms with Crippen LogP contribution in [0.3, 0.4) is 0 Å². The Balaban J connectivity index is 1.70. The van der Waals surface area contributed by atoms with Gasteiger partial charge in [0.2, 0.25) is 5.91 Å². The van der Waals surface area contributed by atoms with Gasteiger partial charge in [-0.15, -0.1) is 0 Å². The molecule has 0 saturated carbocycles. The maximum absolute atomic E-state index is 13.1. The minimum absolute atomic E-state index is 0.123. The number of aromatic nitrogens is 2. The number of carbonyl (C=O) groups is 2. The molecule has 0 fully saturated rings. The Hall–Kier alpha value is -3.00. The zero-order valence-corrected chi connectivity index (χ0v) is 16.9. The van der Waals surface area contributed by atoms with Crippen molar-refractivity contribution in [2.45, 2.75) is 6.92 Å². The maximum atomic E-state index is 13.1. The van der Waals surface area contributed by atoms with Gasteiger partial charge < -0.3 is 10.2 Å². The van der Waals surface area contributed by atoms with Crippen LogP contribution in [0.25, 0.3) is 11.3 Å². The average Bonchev–Trinajstić information content (AvgIpc) is 3.13. The normalized spacial score (nSPS) is 10.6. The van der Waals surface area contributed by atoms with Crippen molar-refractivity contribution in [2.75, 3.05) is 18.9 Å². The Morgan fingerprint density at radius 2 is 1.93 bits per heavy atom. The second-order valence-corrected chi connectivity index (χ2v) is 7.25. The van der Waals surface area contributed by atoms with Gasteiger partial charge in [-0.3, -0.25) is 14.7 Å². The Morgan fingerprint density at radius 3 is 2.61 bits per heavy atom. The third kappa shape index (κ3) is 4.45. The molecule has 2 N–H and O–H groups in total. The number of hydrogen-bond acceptors (Lipinski definition) is 3. The predicted molar refractivity (Wildman–Crippen MR) is 108 cm³/mol. The van der Waals surface area contributed by atoms with Gasteiger partial charge in [-0.1, -0.05) is 15.9 Å². The van der Waals surface area contributed by atoms with Crippen molar-refractivity contribution in [1.82, 2.24) is 15.1 Å². The lowest BCUT2D eigenvalue weighted by atomic mass is 10.1. The summed E-state index contributed by atoms with van der Waals surface area (Å²) in [4.78, 5) is 26.4. The van der Waals surface area contributed by atoms with Gasteiger partial charge in [-0.05, 0) is 55.0 Å². The first-order valence-corrected chi connectivity index (χ1v) is 9.25. The van der Waals surface area contributed by atoms with E-state index in [4.69, 9.17) is 0 Å². The molecule has 1 aromatic heterocycles. The molecule has 0 radical (unpaired) electrons. The van der Waals surface area contributed by atoms with E-state index in [9.17, 15) is 14.0 Å². The van der Waals surface area contributed by atoms with Crippen LogP contribution in [0.15, 0.2) is 53.1 Å². The molecule has 0 bridgehead atoms. The lowest BCUT2D eigenvalue weighted by Crippen LogP contribution is -2.35. The van der Waals surface area contributed by atoms with E-state index in [1.54, 1.807) is 18.2 Å². The van der Waals surface area contributed by atoms with Crippen molar-refractivity contribution in [3.63, 3.8) is 0 Å². The van der Waals surface area contributed by atoms with E-state index in [-0.39, 0.29) is 24.2 Å². The van der Waals surface area contributed by atoms with Gasteiger partial charge in [-0.2, -0.15) is 5.10 Å². The summed E-state index contributed by atoms with van der Waals surface area (Å²) in [5, 5.41) is 9.48. The highest BCUT2D eigenvalue weighted by molar-refractivity contribution is 9.10. The molecule has 8 heteroatoms. The summed E-state index contributed by atoms with van der Waals surface area (Å²) >= 11 is 3.38. The fourth-order valence-electron chi connectivity index (χ4n) is 2.73. The molecule has 28 heavy (non-hydrogen) atoms. The van der Waals surface area contributed by atoms with Crippen LogP contribution in [-0.4, -0.2) is 40.5 Å². The first kappa shape index (κ1) is 19.8. The van der Waals surface area contributed by atoms with Gasteiger partial charge in [0.1, 0.15) is 5.82 Å². The molecule has 0 saturated heterocycles. The van der Waals surface area contributed by atoms with Crippen LogP contribution in [0.2, 0.25) is 0 Å². The number of nitrogens with one attached hydrogen (secondary N) is 2. The van der Waals surface area contributed by atoms with Gasteiger partial charge in [0.25, 0.3) is 5.91 Å². The van der Waals surface area contributed by atoms with E-state index in [1.807, 2.05) is 19.1 Å². The molecule has 1 heterocycles. The molecular formula is C20H18BrFN4O2. The summed E-state index contributed by atoms with van der Waals surface area (Å²) in [5.74, 6) is -1.04. The van der Waals surface area contributed by atoms with Crippen molar-refractivity contribution in [3.8, 4) is 11.3 Å². The van der Waals surface area contributed by atoms with E-state index in [2.05, 4.69) is 31.4 Å². The average molecular weight is 445 g/mol. The van der Waals surface area contributed by atoms with Crippen molar-refractivity contribution < 1.29 is 14.0 Å². The van der Waals surface area contributed by atoms with Crippen LogP contribution >= 0.6 is 15.9 Å². The number of nitrogens with zero attached hydrogens (tertiary/aromatic N) is 2. The second-order valence-electron chi connectivity index (χ2n) is 6.33. The Kier molecular flexibility index (Phi) is 5.89. The van der Waals surface area contributed by atoms with Crippen molar-refractivity contribution in [1.29, 1.82) is 0 Å². The minimum atomic E-state index is -0.367. The standard InChI is InChI=1S/C20H18BrFN4O2/c1-12-9-14(21)5-8-17(12)24-18(27)11-26(2)20(28)16-10-23-25-19(16)13-3-6-15(22)7-4-13/h3-10H,11H2,1-2H3,(H,23,25)(H,24,27). The number of aryl methyl sites for hydroxylation is 1. The third-order valence-corrected chi connectivity index (χ3v) is 4.69. The number of anilines is 1. The zero-order chi connectivity index (χ0) is 20.3. The van der Waals surface area contributed by atoms with Gasteiger partial charge in [-0.25, -0.2) is 4.39 Å². The summed E-state index contributed by atoms with van der Waals surface area (Å²) in [6.45, 7) is 1.76. The number of H-pyrrole nitrogens is 1. The SMILES string of the molecule is Cc1cc(Br)ccc1NC(=O)CN(C)C(=O)c1cn[nH]c1-c1ccc(F)cc1. The van der Waals surface area contributed by atoms with Crippen molar-refractivity contribution in [3.05, 3.63) is 70.1 Å². The highest BCUT2D eigenvalue weighted by Crippen LogP contribution is 2.23. The minimum Gasteiger partial charge on any atom is -0.332 e. The molecule has 3 rings (SSSR count). The first-order chi connectivity index (χ1) is 13.3. The number of likely N-dealkylation sites (N-methyl/N-ethyl adjacent to an activating group) is 1. The number of benzene rings is 2. The van der Waals surface area contributed by atoms with Crippen LogP contribution in [0, 0.1) is 12.7 Å². The molecule has 0 unspecified atom stereocenters. The summed E-state index contributed by atoms with van der Waals surface area (Å²) in [7, 11) is 1.54. The molecule has 144 valence electrons. The quantitative estimate of drug-likeness (QED) is 0.624. The third-order valence-electron chi connectivity index (χ3n) is 4.19. The van der Waals surface area contributed by atoms with E-state index in [0.717, 1.165) is 10.0 Å². The van der Waals surface area contributed by atoms with Crippen LogP contribution in [0.4, 0.5) is 10.1 Å². The van der Waals surface area contributed by atoms with Crippen LogP contribution < -0.4 is 5.32 Å². The molecule has 2 amide bonds. The number of rotatable bonds is 5. The Morgan fingerprint density at radius 1 is 1.21 bits per heavy atom. The first-order valence-electron chi connectivity index (χ1n) is 8.46. The molecular weight excluding hydrogens is 427 g/mol. The van der Waals surface area contributed by atoms with Gasteiger partial charge in [0, 0.05) is 22.8 Å². The second kappa shape index (κ2) is 8.35. The summed E-state index contributed by atoms with van der Waals surface area (Å²) < 4.78 is 14.1. The fourth-order valence-corrected chi connectivity index (χ4v) is 3.21. The van der Waals surface area contributed by atoms with Crippen LogP contribution in [-0.2, 0) is 4.79 Å².